The smallest absolute Gasteiger partial charge is 0.134 e. The molecule has 0 bridgehead atoms. The number of benzene rings is 2. The van der Waals surface area contributed by atoms with E-state index in [0.29, 0.717) is 17.9 Å². The number of hydrogen-bond donors (Lipinski definition) is 0. The molecule has 0 saturated heterocycles. The molecule has 0 N–H and O–H groups in total. The molecule has 1 heterocycles. The molecule has 34 heavy (non-hydrogen) atoms. The molecule has 0 radical (unpaired) electrons. The predicted octanol–water partition coefficient (Wildman–Crippen LogP) is 8.78. The van der Waals surface area contributed by atoms with E-state index in [1.54, 1.807) is 0 Å². The van der Waals surface area contributed by atoms with E-state index in [4.69, 9.17) is 5.10 Å². The summed E-state index contributed by atoms with van der Waals surface area (Å²) < 4.78 is 17.6. The van der Waals surface area contributed by atoms with Gasteiger partial charge in [-0.1, -0.05) is 80.3 Å². The van der Waals surface area contributed by atoms with Crippen molar-refractivity contribution in [2.75, 3.05) is 0 Å². The number of aryl methyl sites for hydroxylation is 1. The molecule has 0 amide bonds. The summed E-state index contributed by atoms with van der Waals surface area (Å²) >= 11 is 0. The van der Waals surface area contributed by atoms with Gasteiger partial charge in [0.2, 0.25) is 0 Å². The minimum Gasteiger partial charge on any atom is -0.268 e. The minimum atomic E-state index is -0.111. The Morgan fingerprint density at radius 1 is 1.03 bits per heavy atom. The van der Waals surface area contributed by atoms with Crippen LogP contribution in [0.25, 0.3) is 22.4 Å². The van der Waals surface area contributed by atoms with Crippen molar-refractivity contribution in [3.8, 4) is 22.4 Å². The Morgan fingerprint density at radius 2 is 1.74 bits per heavy atom. The summed E-state index contributed by atoms with van der Waals surface area (Å²) in [6, 6.07) is 16.0. The number of nitrogens with zero attached hydrogens (tertiary/aromatic N) is 2. The van der Waals surface area contributed by atoms with Gasteiger partial charge in [0.15, 0.2) is 0 Å². The average Bonchev–Trinajstić information content (AvgIpc) is 3.16. The topological polar surface area (TPSA) is 17.8 Å². The lowest BCUT2D eigenvalue weighted by molar-refractivity contribution is 0.234. The summed E-state index contributed by atoms with van der Waals surface area (Å²) in [6.45, 7) is 11.2. The molecule has 1 fully saturated rings. The Kier molecular flexibility index (Phi) is 8.03. The second-order valence-electron chi connectivity index (χ2n) is 10.2. The minimum absolute atomic E-state index is 0.111. The third-order valence-corrected chi connectivity index (χ3v) is 7.60. The summed E-state index contributed by atoms with van der Waals surface area (Å²) in [7, 11) is 0. The number of halogens is 1. The van der Waals surface area contributed by atoms with E-state index in [2.05, 4.69) is 37.2 Å². The van der Waals surface area contributed by atoms with Gasteiger partial charge in [0.05, 0.1) is 0 Å². The van der Waals surface area contributed by atoms with Crippen LogP contribution in [-0.2, 0) is 13.0 Å². The van der Waals surface area contributed by atoms with Gasteiger partial charge in [0.25, 0.3) is 0 Å². The van der Waals surface area contributed by atoms with Crippen molar-refractivity contribution >= 4 is 0 Å². The summed E-state index contributed by atoms with van der Waals surface area (Å²) in [6.07, 6.45) is 9.58. The summed E-state index contributed by atoms with van der Waals surface area (Å²) in [5, 5.41) is 5.08. The first-order chi connectivity index (χ1) is 16.5. The van der Waals surface area contributed by atoms with Crippen LogP contribution < -0.4 is 0 Å². The highest BCUT2D eigenvalue weighted by molar-refractivity contribution is 5.83. The van der Waals surface area contributed by atoms with Gasteiger partial charge in [-0.3, -0.25) is 4.68 Å². The molecule has 1 aromatic heterocycles. The molecule has 2 aromatic carbocycles. The third-order valence-electron chi connectivity index (χ3n) is 7.60. The molecule has 1 aliphatic carbocycles. The van der Waals surface area contributed by atoms with E-state index < -0.39 is 0 Å². The van der Waals surface area contributed by atoms with Gasteiger partial charge in [-0.15, -0.1) is 6.58 Å². The molecule has 3 heteroatoms. The first-order valence-electron chi connectivity index (χ1n) is 13.0. The Labute approximate surface area is 204 Å². The van der Waals surface area contributed by atoms with Gasteiger partial charge < -0.3 is 0 Å². The maximum atomic E-state index is 15.5. The monoisotopic (exact) mass is 458 g/mol. The molecular formula is C31H39FN2. The summed E-state index contributed by atoms with van der Waals surface area (Å²) in [5.74, 6) is 1.38. The third kappa shape index (κ3) is 5.51. The highest BCUT2D eigenvalue weighted by Gasteiger charge is 2.25. The Morgan fingerprint density at radius 3 is 2.41 bits per heavy atom. The lowest BCUT2D eigenvalue weighted by atomic mass is 9.79. The Bertz CT molecular complexity index is 1100. The Balaban J connectivity index is 1.57. The van der Waals surface area contributed by atoms with Crippen LogP contribution in [0.2, 0.25) is 0 Å². The highest BCUT2D eigenvalue weighted by Crippen LogP contribution is 2.38. The van der Waals surface area contributed by atoms with Crippen molar-refractivity contribution < 1.29 is 4.39 Å². The zero-order valence-electron chi connectivity index (χ0n) is 21.1. The number of aromatic nitrogens is 2. The molecule has 2 nitrogen and oxygen atoms in total. The molecule has 0 unspecified atom stereocenters. The molecule has 4 rings (SSSR count). The van der Waals surface area contributed by atoms with E-state index in [1.165, 1.54) is 44.1 Å². The van der Waals surface area contributed by atoms with Gasteiger partial charge in [0, 0.05) is 28.9 Å². The van der Waals surface area contributed by atoms with Crippen molar-refractivity contribution in [2.24, 2.45) is 11.8 Å². The zero-order valence-corrected chi connectivity index (χ0v) is 21.1. The van der Waals surface area contributed by atoms with E-state index in [0.717, 1.165) is 47.0 Å². The van der Waals surface area contributed by atoms with E-state index in [-0.39, 0.29) is 5.82 Å². The maximum Gasteiger partial charge on any atom is 0.134 e. The van der Waals surface area contributed by atoms with Crippen molar-refractivity contribution in [3.05, 3.63) is 77.8 Å². The first kappa shape index (κ1) is 24.4. The maximum absolute atomic E-state index is 15.5. The van der Waals surface area contributed by atoms with Gasteiger partial charge in [0.1, 0.15) is 11.5 Å². The molecule has 0 aliphatic heterocycles. The fourth-order valence-corrected chi connectivity index (χ4v) is 5.53. The van der Waals surface area contributed by atoms with Crippen molar-refractivity contribution in [3.63, 3.8) is 0 Å². The van der Waals surface area contributed by atoms with Crippen molar-refractivity contribution in [1.82, 2.24) is 9.78 Å². The SMILES string of the molecule is C=C(C)CCCC1CCC(Cn2nc(-c3ccccc3)c(-c3cccc(CC)c3F)c2C)CC1. The Hall–Kier alpha value is -2.68. The largest absolute Gasteiger partial charge is 0.268 e. The second kappa shape index (κ2) is 11.2. The quantitative estimate of drug-likeness (QED) is 0.293. The molecule has 0 spiro atoms. The van der Waals surface area contributed by atoms with E-state index >= 15 is 4.39 Å². The molecule has 180 valence electrons. The number of rotatable bonds is 9. The standard InChI is InChI=1S/C31H39FN2/c1-5-26-15-10-16-28(30(26)32)29-23(4)34(33-31(29)27-13-7-6-8-14-27)21-25-19-17-24(18-20-25)12-9-11-22(2)3/h6-8,10,13-16,24-25H,2,5,9,11-12,17-21H2,1,3-4H3. The van der Waals surface area contributed by atoms with Gasteiger partial charge in [-0.2, -0.15) is 5.10 Å². The molecule has 0 atom stereocenters. The van der Waals surface area contributed by atoms with Crippen molar-refractivity contribution in [2.45, 2.75) is 78.7 Å². The van der Waals surface area contributed by atoms with E-state index in [1.807, 2.05) is 43.3 Å². The summed E-state index contributed by atoms with van der Waals surface area (Å²) in [4.78, 5) is 0. The van der Waals surface area contributed by atoms with Crippen LogP contribution in [0.4, 0.5) is 4.39 Å². The lowest BCUT2D eigenvalue weighted by Gasteiger charge is -2.28. The first-order valence-corrected chi connectivity index (χ1v) is 13.0. The molecule has 1 saturated carbocycles. The lowest BCUT2D eigenvalue weighted by Crippen LogP contribution is -2.20. The molecule has 1 aliphatic rings. The van der Waals surface area contributed by atoms with Crippen LogP contribution in [-0.4, -0.2) is 9.78 Å². The van der Waals surface area contributed by atoms with Crippen molar-refractivity contribution in [1.29, 1.82) is 0 Å². The second-order valence-corrected chi connectivity index (χ2v) is 10.2. The highest BCUT2D eigenvalue weighted by atomic mass is 19.1. The normalized spacial score (nSPS) is 18.2. The number of hydrogen-bond acceptors (Lipinski definition) is 1. The zero-order chi connectivity index (χ0) is 24.1. The van der Waals surface area contributed by atoms with Gasteiger partial charge >= 0.3 is 0 Å². The van der Waals surface area contributed by atoms with Crippen LogP contribution in [0.1, 0.15) is 70.1 Å². The summed E-state index contributed by atoms with van der Waals surface area (Å²) in [5.41, 5.74) is 6.66. The van der Waals surface area contributed by atoms with Crippen LogP contribution in [0.3, 0.4) is 0 Å². The van der Waals surface area contributed by atoms with E-state index in [9.17, 15) is 0 Å². The number of allylic oxidation sites excluding steroid dienone is 1. The molecule has 3 aromatic rings. The predicted molar refractivity (Wildman–Crippen MR) is 141 cm³/mol. The fraction of sp³-hybridized carbons (Fsp3) is 0.452. The molecular weight excluding hydrogens is 419 g/mol. The fourth-order valence-electron chi connectivity index (χ4n) is 5.53. The van der Waals surface area contributed by atoms with Gasteiger partial charge in [-0.05, 0) is 63.4 Å². The average molecular weight is 459 g/mol. The van der Waals surface area contributed by atoms with Crippen LogP contribution in [0.15, 0.2) is 60.7 Å². The van der Waals surface area contributed by atoms with Gasteiger partial charge in [-0.25, -0.2) is 4.39 Å². The van der Waals surface area contributed by atoms with Crippen LogP contribution in [0, 0.1) is 24.6 Å². The van der Waals surface area contributed by atoms with Crippen LogP contribution >= 0.6 is 0 Å². The van der Waals surface area contributed by atoms with Crippen LogP contribution in [0.5, 0.6) is 0 Å².